The van der Waals surface area contributed by atoms with E-state index in [1.165, 1.54) is 18.2 Å². The third-order valence-corrected chi connectivity index (χ3v) is 6.31. The number of hydrogen-bond acceptors (Lipinski definition) is 5. The average molecular weight is 513 g/mol. The molecule has 0 saturated carbocycles. The number of ketones is 2. The molecule has 8 heteroatoms. The van der Waals surface area contributed by atoms with E-state index >= 15 is 0 Å². The average Bonchev–Trinajstić information content (AvgIpc) is 2.78. The zero-order valence-corrected chi connectivity index (χ0v) is 19.0. The molecule has 3 aromatic carbocycles. The van der Waals surface area contributed by atoms with Gasteiger partial charge < -0.3 is 10.1 Å². The molecule has 4 rings (SSSR count). The van der Waals surface area contributed by atoms with E-state index in [1.807, 2.05) is 6.92 Å². The van der Waals surface area contributed by atoms with Crippen LogP contribution in [0.4, 0.5) is 5.69 Å². The van der Waals surface area contributed by atoms with Crippen LogP contribution in [0.1, 0.15) is 47.8 Å². The van der Waals surface area contributed by atoms with Gasteiger partial charge in [-0.25, -0.2) is 4.79 Å². The van der Waals surface area contributed by atoms with Crippen LogP contribution < -0.4 is 5.32 Å². The molecule has 0 unspecified atom stereocenters. The first kappa shape index (κ1) is 21.9. The summed E-state index contributed by atoms with van der Waals surface area (Å²) in [6, 6.07) is 14.4. The standard InChI is InChI=1S/C24H15BrClNO5/c1-12-10-13(6-9-18(12)25)27-19(28)11-32-24(31)17-8-7-16-20(21(17)26)23(30)15-5-3-2-4-14(15)22(16)29/h2-10H,11H2,1H3,(H,27,28). The summed E-state index contributed by atoms with van der Waals surface area (Å²) >= 11 is 9.73. The molecule has 1 aliphatic rings. The first-order valence-corrected chi connectivity index (χ1v) is 10.7. The second-order valence-electron chi connectivity index (χ2n) is 7.14. The Morgan fingerprint density at radius 3 is 2.34 bits per heavy atom. The first-order valence-electron chi connectivity index (χ1n) is 9.52. The fourth-order valence-corrected chi connectivity index (χ4v) is 4.01. The second-order valence-corrected chi connectivity index (χ2v) is 8.37. The monoisotopic (exact) mass is 511 g/mol. The highest BCUT2D eigenvalue weighted by atomic mass is 79.9. The van der Waals surface area contributed by atoms with E-state index in [0.29, 0.717) is 5.69 Å². The third-order valence-electron chi connectivity index (χ3n) is 5.03. The third kappa shape index (κ3) is 3.97. The van der Waals surface area contributed by atoms with Gasteiger partial charge in [0.1, 0.15) is 0 Å². The van der Waals surface area contributed by atoms with Crippen LogP contribution in [0.5, 0.6) is 0 Å². The van der Waals surface area contributed by atoms with Crippen LogP contribution >= 0.6 is 27.5 Å². The van der Waals surface area contributed by atoms with Crippen molar-refractivity contribution < 1.29 is 23.9 Å². The Bertz CT molecular complexity index is 1320. The Balaban J connectivity index is 1.51. The molecule has 0 spiro atoms. The van der Waals surface area contributed by atoms with E-state index in [2.05, 4.69) is 21.2 Å². The summed E-state index contributed by atoms with van der Waals surface area (Å²) in [6.45, 7) is 1.33. The minimum absolute atomic E-state index is 0.0420. The molecule has 0 aromatic heterocycles. The molecule has 0 aliphatic heterocycles. The molecule has 0 fully saturated rings. The number of benzene rings is 3. The van der Waals surface area contributed by atoms with Crippen LogP contribution in [-0.2, 0) is 9.53 Å². The van der Waals surface area contributed by atoms with Crippen molar-refractivity contribution in [1.82, 2.24) is 0 Å². The number of fused-ring (bicyclic) bond motifs is 2. The van der Waals surface area contributed by atoms with Gasteiger partial charge in [0.25, 0.3) is 5.91 Å². The minimum Gasteiger partial charge on any atom is -0.452 e. The highest BCUT2D eigenvalue weighted by molar-refractivity contribution is 9.10. The first-order chi connectivity index (χ1) is 15.3. The van der Waals surface area contributed by atoms with E-state index in [9.17, 15) is 19.2 Å². The van der Waals surface area contributed by atoms with Gasteiger partial charge in [0.05, 0.1) is 16.1 Å². The maximum Gasteiger partial charge on any atom is 0.340 e. The summed E-state index contributed by atoms with van der Waals surface area (Å²) in [7, 11) is 0. The van der Waals surface area contributed by atoms with Crippen LogP contribution in [-0.4, -0.2) is 30.0 Å². The van der Waals surface area contributed by atoms with Crippen LogP contribution in [0.15, 0.2) is 59.1 Å². The van der Waals surface area contributed by atoms with Crippen molar-refractivity contribution in [2.45, 2.75) is 6.92 Å². The lowest BCUT2D eigenvalue weighted by Gasteiger charge is -2.19. The molecule has 1 N–H and O–H groups in total. The van der Waals surface area contributed by atoms with Gasteiger partial charge in [0.15, 0.2) is 18.2 Å². The summed E-state index contributed by atoms with van der Waals surface area (Å²) in [6.07, 6.45) is 0. The summed E-state index contributed by atoms with van der Waals surface area (Å²) in [4.78, 5) is 50.4. The summed E-state index contributed by atoms with van der Waals surface area (Å²) in [5.74, 6) is -2.20. The van der Waals surface area contributed by atoms with Gasteiger partial charge in [-0.1, -0.05) is 51.8 Å². The number of anilines is 1. The van der Waals surface area contributed by atoms with Crippen LogP contribution in [0, 0.1) is 6.92 Å². The Morgan fingerprint density at radius 1 is 0.969 bits per heavy atom. The fourth-order valence-electron chi connectivity index (χ4n) is 3.43. The number of halogens is 2. The smallest absolute Gasteiger partial charge is 0.340 e. The number of ether oxygens (including phenoxy) is 1. The SMILES string of the molecule is Cc1cc(NC(=O)COC(=O)c2ccc3c(c2Cl)C(=O)c2ccccc2C3=O)ccc1Br. The lowest BCUT2D eigenvalue weighted by atomic mass is 9.83. The van der Waals surface area contributed by atoms with Gasteiger partial charge in [-0.05, 0) is 42.8 Å². The number of hydrogen-bond donors (Lipinski definition) is 1. The Kier molecular flexibility index (Phi) is 5.95. The van der Waals surface area contributed by atoms with Crippen molar-refractivity contribution >= 4 is 56.7 Å². The molecule has 160 valence electrons. The number of carbonyl (C=O) groups excluding carboxylic acids is 4. The lowest BCUT2D eigenvalue weighted by Crippen LogP contribution is -2.24. The predicted octanol–water partition coefficient (Wildman–Crippen LogP) is 4.98. The van der Waals surface area contributed by atoms with Gasteiger partial charge in [-0.3, -0.25) is 14.4 Å². The number of rotatable bonds is 4. The molecule has 1 amide bonds. The van der Waals surface area contributed by atoms with Gasteiger partial charge in [0, 0.05) is 26.9 Å². The van der Waals surface area contributed by atoms with Gasteiger partial charge in [0.2, 0.25) is 0 Å². The molecule has 32 heavy (non-hydrogen) atoms. The van der Waals surface area contributed by atoms with Gasteiger partial charge >= 0.3 is 5.97 Å². The largest absolute Gasteiger partial charge is 0.452 e. The van der Waals surface area contributed by atoms with E-state index in [-0.39, 0.29) is 38.6 Å². The Hall–Kier alpha value is -3.29. The summed E-state index contributed by atoms with van der Waals surface area (Å²) in [5, 5.41) is 2.46. The highest BCUT2D eigenvalue weighted by Crippen LogP contribution is 2.34. The predicted molar refractivity (Wildman–Crippen MR) is 123 cm³/mol. The maximum absolute atomic E-state index is 12.9. The van der Waals surface area contributed by atoms with Crippen molar-refractivity contribution in [1.29, 1.82) is 0 Å². The molecule has 0 radical (unpaired) electrons. The number of aryl methyl sites for hydroxylation is 1. The molecule has 0 atom stereocenters. The van der Waals surface area contributed by atoms with Crippen LogP contribution in [0.25, 0.3) is 0 Å². The molecule has 1 aliphatic carbocycles. The normalized spacial score (nSPS) is 12.1. The Labute approximate surface area is 196 Å². The van der Waals surface area contributed by atoms with E-state index in [1.54, 1.807) is 36.4 Å². The van der Waals surface area contributed by atoms with Crippen LogP contribution in [0.2, 0.25) is 5.02 Å². The van der Waals surface area contributed by atoms with Crippen molar-refractivity contribution in [2.24, 2.45) is 0 Å². The lowest BCUT2D eigenvalue weighted by molar-refractivity contribution is -0.119. The quantitative estimate of drug-likeness (QED) is 0.390. The van der Waals surface area contributed by atoms with Crippen molar-refractivity contribution in [3.05, 3.63) is 97.5 Å². The molecule has 3 aromatic rings. The van der Waals surface area contributed by atoms with Crippen LogP contribution in [0.3, 0.4) is 0 Å². The number of carbonyl (C=O) groups is 4. The summed E-state index contributed by atoms with van der Waals surface area (Å²) in [5.41, 5.74) is 1.98. The molecule has 0 heterocycles. The van der Waals surface area contributed by atoms with Crippen molar-refractivity contribution in [2.75, 3.05) is 11.9 Å². The number of esters is 1. The zero-order chi connectivity index (χ0) is 23.0. The topological polar surface area (TPSA) is 89.5 Å². The molecule has 0 saturated heterocycles. The maximum atomic E-state index is 12.9. The van der Waals surface area contributed by atoms with Gasteiger partial charge in [-0.15, -0.1) is 0 Å². The highest BCUT2D eigenvalue weighted by Gasteiger charge is 2.33. The van der Waals surface area contributed by atoms with E-state index in [0.717, 1.165) is 10.0 Å². The number of nitrogens with one attached hydrogen (secondary N) is 1. The molecular formula is C24H15BrClNO5. The van der Waals surface area contributed by atoms with Gasteiger partial charge in [-0.2, -0.15) is 0 Å². The summed E-state index contributed by atoms with van der Waals surface area (Å²) < 4.78 is 5.98. The van der Waals surface area contributed by atoms with E-state index < -0.39 is 24.3 Å². The molecule has 0 bridgehead atoms. The Morgan fingerprint density at radius 2 is 1.66 bits per heavy atom. The van der Waals surface area contributed by atoms with Crippen molar-refractivity contribution in [3.8, 4) is 0 Å². The van der Waals surface area contributed by atoms with E-state index in [4.69, 9.17) is 16.3 Å². The van der Waals surface area contributed by atoms with Crippen molar-refractivity contribution in [3.63, 3.8) is 0 Å². The fraction of sp³-hybridized carbons (Fsp3) is 0.0833. The molecular weight excluding hydrogens is 498 g/mol. The molecule has 6 nitrogen and oxygen atoms in total. The zero-order valence-electron chi connectivity index (χ0n) is 16.7. The minimum atomic E-state index is -0.876. The number of amides is 1. The second kappa shape index (κ2) is 8.68.